The first-order chi connectivity index (χ1) is 12.9. The van der Waals surface area contributed by atoms with Crippen molar-refractivity contribution in [3.05, 3.63) is 82.6 Å². The van der Waals surface area contributed by atoms with Gasteiger partial charge in [-0.05, 0) is 73.1 Å². The van der Waals surface area contributed by atoms with Gasteiger partial charge < -0.3 is 5.32 Å². The summed E-state index contributed by atoms with van der Waals surface area (Å²) in [5.74, 6) is 2.90. The van der Waals surface area contributed by atoms with Crippen LogP contribution in [0.5, 0.6) is 0 Å². The lowest BCUT2D eigenvalue weighted by molar-refractivity contribution is 0.793. The van der Waals surface area contributed by atoms with Crippen LogP contribution in [-0.2, 0) is 6.42 Å². The van der Waals surface area contributed by atoms with Gasteiger partial charge in [-0.15, -0.1) is 6.42 Å². The third kappa shape index (κ3) is 4.72. The Labute approximate surface area is 165 Å². The van der Waals surface area contributed by atoms with Crippen molar-refractivity contribution in [2.24, 2.45) is 0 Å². The Hall–Kier alpha value is -2.72. The summed E-state index contributed by atoms with van der Waals surface area (Å²) in [4.78, 5) is 0. The van der Waals surface area contributed by atoms with Gasteiger partial charge in [0.15, 0.2) is 0 Å². The van der Waals surface area contributed by atoms with E-state index in [1.807, 2.05) is 6.07 Å². The topological polar surface area (TPSA) is 12.0 Å². The van der Waals surface area contributed by atoms with Gasteiger partial charge in [-0.25, -0.2) is 0 Å². The summed E-state index contributed by atoms with van der Waals surface area (Å²) in [6.45, 7) is 17.1. The number of anilines is 1. The fourth-order valence-electron chi connectivity index (χ4n) is 3.52. The van der Waals surface area contributed by atoms with E-state index in [9.17, 15) is 0 Å². The van der Waals surface area contributed by atoms with Gasteiger partial charge in [0.25, 0.3) is 0 Å². The average Bonchev–Trinajstić information content (AvgIpc) is 2.65. The maximum Gasteiger partial charge on any atom is 0.0397 e. The molecule has 0 radical (unpaired) electrons. The molecule has 0 heterocycles. The smallest absolute Gasteiger partial charge is 0.0397 e. The number of terminal acetylenes is 1. The summed E-state index contributed by atoms with van der Waals surface area (Å²) in [6, 6.07) is 10.6. The van der Waals surface area contributed by atoms with E-state index in [4.69, 9.17) is 6.42 Å². The maximum atomic E-state index is 5.93. The lowest BCUT2D eigenvalue weighted by atomic mass is 9.85. The predicted octanol–water partition coefficient (Wildman–Crippen LogP) is 7.02. The molecule has 0 unspecified atom stereocenters. The van der Waals surface area contributed by atoms with Crippen LogP contribution in [0.1, 0.15) is 66.5 Å². The minimum atomic E-state index is 0.881. The first kappa shape index (κ1) is 20.6. The number of hydrogen-bond donors (Lipinski definition) is 1. The quantitative estimate of drug-likeness (QED) is 0.500. The van der Waals surface area contributed by atoms with E-state index in [1.54, 1.807) is 0 Å². The van der Waals surface area contributed by atoms with Crippen molar-refractivity contribution in [1.29, 1.82) is 0 Å². The first-order valence-electron chi connectivity index (χ1n) is 9.77. The molecule has 2 rings (SSSR count). The zero-order valence-corrected chi connectivity index (χ0v) is 17.2. The van der Waals surface area contributed by atoms with Crippen LogP contribution in [0.2, 0.25) is 0 Å². The van der Waals surface area contributed by atoms with E-state index in [-0.39, 0.29) is 0 Å². The van der Waals surface area contributed by atoms with Crippen LogP contribution < -0.4 is 5.32 Å². The standard InChI is InChI=1S/C26H31N/c1-8-11-15-23-17-24(27-20(6)9-2)16-22(10-3)26(23)21(7)25-18(4)13-12-14-19(25)5/h3,12-14,16-17,27H,6-9,11,15H2,1-2,4-5H3. The van der Waals surface area contributed by atoms with Gasteiger partial charge in [-0.3, -0.25) is 0 Å². The van der Waals surface area contributed by atoms with E-state index in [2.05, 4.69) is 76.4 Å². The van der Waals surface area contributed by atoms with Crippen molar-refractivity contribution in [2.45, 2.75) is 53.4 Å². The zero-order valence-electron chi connectivity index (χ0n) is 17.2. The molecule has 1 N–H and O–H groups in total. The number of unbranched alkanes of at least 4 members (excludes halogenated alkanes) is 1. The van der Waals surface area contributed by atoms with Crippen LogP contribution in [0, 0.1) is 26.2 Å². The summed E-state index contributed by atoms with van der Waals surface area (Å²) >= 11 is 0. The first-order valence-corrected chi connectivity index (χ1v) is 9.77. The summed E-state index contributed by atoms with van der Waals surface area (Å²) < 4.78 is 0. The zero-order chi connectivity index (χ0) is 20.0. The normalized spacial score (nSPS) is 10.3. The van der Waals surface area contributed by atoms with E-state index >= 15 is 0 Å². The van der Waals surface area contributed by atoms with Gasteiger partial charge in [0.1, 0.15) is 0 Å². The van der Waals surface area contributed by atoms with E-state index in [0.717, 1.165) is 53.8 Å². The van der Waals surface area contributed by atoms with Gasteiger partial charge in [0.05, 0.1) is 0 Å². The van der Waals surface area contributed by atoms with Gasteiger partial charge in [0.2, 0.25) is 0 Å². The fourth-order valence-corrected chi connectivity index (χ4v) is 3.52. The molecule has 0 amide bonds. The van der Waals surface area contributed by atoms with Crippen molar-refractivity contribution >= 4 is 11.3 Å². The van der Waals surface area contributed by atoms with Gasteiger partial charge in [-0.2, -0.15) is 0 Å². The molecule has 0 saturated heterocycles. The molecule has 27 heavy (non-hydrogen) atoms. The second-order valence-electron chi connectivity index (χ2n) is 7.13. The van der Waals surface area contributed by atoms with Crippen molar-refractivity contribution in [1.82, 2.24) is 0 Å². The second kappa shape index (κ2) is 9.28. The van der Waals surface area contributed by atoms with Crippen LogP contribution >= 0.6 is 0 Å². The number of allylic oxidation sites excluding steroid dienone is 1. The molecule has 0 fully saturated rings. The maximum absolute atomic E-state index is 5.93. The van der Waals surface area contributed by atoms with E-state index < -0.39 is 0 Å². The van der Waals surface area contributed by atoms with Crippen LogP contribution in [0.4, 0.5) is 5.69 Å². The highest BCUT2D eigenvalue weighted by molar-refractivity contribution is 5.86. The van der Waals surface area contributed by atoms with Crippen LogP contribution in [0.15, 0.2) is 49.2 Å². The summed E-state index contributed by atoms with van der Waals surface area (Å²) in [5, 5.41) is 3.39. The molecule has 0 saturated carbocycles. The highest BCUT2D eigenvalue weighted by atomic mass is 14.9. The Morgan fingerprint density at radius 2 is 1.74 bits per heavy atom. The number of rotatable bonds is 8. The molecule has 0 bridgehead atoms. The molecule has 2 aromatic rings. The predicted molar refractivity (Wildman–Crippen MR) is 120 cm³/mol. The van der Waals surface area contributed by atoms with E-state index in [0.29, 0.717) is 0 Å². The highest BCUT2D eigenvalue weighted by Gasteiger charge is 2.17. The molecule has 0 aliphatic rings. The highest BCUT2D eigenvalue weighted by Crippen LogP contribution is 2.34. The van der Waals surface area contributed by atoms with Crippen LogP contribution in [-0.4, -0.2) is 0 Å². The van der Waals surface area contributed by atoms with E-state index in [1.165, 1.54) is 22.3 Å². The SMILES string of the molecule is C#Cc1cc(NC(=C)CC)cc(CCCC)c1C(=C)c1c(C)cccc1C. The molecule has 0 aliphatic carbocycles. The fraction of sp³-hybridized carbons (Fsp3) is 0.308. The summed E-state index contributed by atoms with van der Waals surface area (Å²) in [6.07, 6.45) is 10.1. The molecule has 0 aliphatic heterocycles. The molecule has 2 aromatic carbocycles. The molecular weight excluding hydrogens is 326 g/mol. The van der Waals surface area contributed by atoms with Gasteiger partial charge >= 0.3 is 0 Å². The molecule has 0 atom stereocenters. The third-order valence-electron chi connectivity index (χ3n) is 5.01. The van der Waals surface area contributed by atoms with Crippen molar-refractivity contribution < 1.29 is 0 Å². The Balaban J connectivity index is 2.64. The van der Waals surface area contributed by atoms with Crippen molar-refractivity contribution in [2.75, 3.05) is 5.32 Å². The Kier molecular flexibility index (Phi) is 7.08. The molecular formula is C26H31N. The third-order valence-corrected chi connectivity index (χ3v) is 5.01. The number of benzene rings is 2. The Morgan fingerprint density at radius 3 is 2.30 bits per heavy atom. The summed E-state index contributed by atoms with van der Waals surface area (Å²) in [5.41, 5.74) is 9.93. The molecule has 1 heteroatoms. The molecule has 0 aromatic heterocycles. The largest absolute Gasteiger partial charge is 0.359 e. The second-order valence-corrected chi connectivity index (χ2v) is 7.13. The Bertz CT molecular complexity index is 873. The van der Waals surface area contributed by atoms with Crippen LogP contribution in [0.25, 0.3) is 5.57 Å². The van der Waals surface area contributed by atoms with Gasteiger partial charge in [0, 0.05) is 22.5 Å². The van der Waals surface area contributed by atoms with Crippen molar-refractivity contribution in [3.8, 4) is 12.3 Å². The lowest BCUT2D eigenvalue weighted by Crippen LogP contribution is -2.05. The molecule has 0 spiro atoms. The Morgan fingerprint density at radius 1 is 1.07 bits per heavy atom. The lowest BCUT2D eigenvalue weighted by Gasteiger charge is -2.20. The molecule has 1 nitrogen and oxygen atoms in total. The minimum absolute atomic E-state index is 0.881. The van der Waals surface area contributed by atoms with Crippen LogP contribution in [0.3, 0.4) is 0 Å². The summed E-state index contributed by atoms with van der Waals surface area (Å²) in [7, 11) is 0. The van der Waals surface area contributed by atoms with Gasteiger partial charge in [-0.1, -0.05) is 57.5 Å². The number of nitrogens with one attached hydrogen (secondary N) is 1. The minimum Gasteiger partial charge on any atom is -0.359 e. The number of aryl methyl sites for hydroxylation is 3. The molecule has 140 valence electrons. The monoisotopic (exact) mass is 357 g/mol. The van der Waals surface area contributed by atoms with Crippen molar-refractivity contribution in [3.63, 3.8) is 0 Å². The average molecular weight is 358 g/mol. The number of hydrogen-bond acceptors (Lipinski definition) is 1.